The van der Waals surface area contributed by atoms with Crippen molar-refractivity contribution in [1.82, 2.24) is 9.97 Å². The Morgan fingerprint density at radius 2 is 2.24 bits per heavy atom. The fourth-order valence-corrected chi connectivity index (χ4v) is 3.25. The molecule has 1 aliphatic carbocycles. The van der Waals surface area contributed by atoms with E-state index in [0.717, 1.165) is 42.6 Å². The number of anilines is 1. The number of hydrogen-bond acceptors (Lipinski definition) is 5. The molecule has 21 heavy (non-hydrogen) atoms. The van der Waals surface area contributed by atoms with E-state index in [2.05, 4.69) is 9.97 Å². The number of nitrogens with zero attached hydrogens (tertiary/aromatic N) is 3. The highest BCUT2D eigenvalue weighted by atomic mass is 32.1. The maximum absolute atomic E-state index is 11.5. The van der Waals surface area contributed by atoms with Crippen LogP contribution in [-0.4, -0.2) is 28.1 Å². The maximum Gasteiger partial charge on any atom is 0.339 e. The van der Waals surface area contributed by atoms with Gasteiger partial charge in [0.1, 0.15) is 11.4 Å². The molecule has 6 heteroatoms. The molecule has 0 aliphatic heterocycles. The number of rotatable bonds is 4. The van der Waals surface area contributed by atoms with Gasteiger partial charge in [-0.05, 0) is 37.3 Å². The fourth-order valence-electron chi connectivity index (χ4n) is 2.70. The summed E-state index contributed by atoms with van der Waals surface area (Å²) < 4.78 is 0. The normalized spacial score (nSPS) is 13.8. The van der Waals surface area contributed by atoms with Crippen molar-refractivity contribution in [3.05, 3.63) is 39.5 Å². The molecule has 0 radical (unpaired) electrons. The molecule has 5 nitrogen and oxygen atoms in total. The van der Waals surface area contributed by atoms with Crippen LogP contribution >= 0.6 is 11.3 Å². The molecule has 0 amide bonds. The zero-order valence-corrected chi connectivity index (χ0v) is 12.7. The van der Waals surface area contributed by atoms with E-state index in [4.69, 9.17) is 0 Å². The predicted octanol–water partition coefficient (Wildman–Crippen LogP) is 2.75. The predicted molar refractivity (Wildman–Crippen MR) is 82.1 cm³/mol. The minimum Gasteiger partial charge on any atom is -0.478 e. The molecular weight excluding hydrogens is 286 g/mol. The van der Waals surface area contributed by atoms with E-state index >= 15 is 0 Å². The molecular formula is C15H17N3O2S. The van der Waals surface area contributed by atoms with E-state index in [1.807, 2.05) is 17.3 Å². The number of aromatic carboxylic acids is 1. The zero-order chi connectivity index (χ0) is 14.8. The van der Waals surface area contributed by atoms with Gasteiger partial charge in [-0.25, -0.2) is 14.8 Å². The first-order chi connectivity index (χ1) is 10.1. The number of thiazole rings is 1. The average molecular weight is 303 g/mol. The molecule has 2 heterocycles. The number of carboxylic acid groups (broad SMARTS) is 1. The van der Waals surface area contributed by atoms with Gasteiger partial charge >= 0.3 is 5.97 Å². The molecule has 0 unspecified atom stereocenters. The first-order valence-electron chi connectivity index (χ1n) is 6.99. The molecule has 2 aromatic heterocycles. The van der Waals surface area contributed by atoms with E-state index in [0.29, 0.717) is 12.4 Å². The van der Waals surface area contributed by atoms with Crippen molar-refractivity contribution in [1.29, 1.82) is 0 Å². The summed E-state index contributed by atoms with van der Waals surface area (Å²) in [6.07, 6.45) is 4.11. The summed E-state index contributed by atoms with van der Waals surface area (Å²) in [7, 11) is 1.86. The third-order valence-corrected chi connectivity index (χ3v) is 4.39. The molecule has 110 valence electrons. The molecule has 2 aromatic rings. The Morgan fingerprint density at radius 3 is 2.95 bits per heavy atom. The smallest absolute Gasteiger partial charge is 0.339 e. The van der Waals surface area contributed by atoms with Crippen molar-refractivity contribution in [3.63, 3.8) is 0 Å². The third-order valence-electron chi connectivity index (χ3n) is 3.76. The summed E-state index contributed by atoms with van der Waals surface area (Å²) in [5, 5.41) is 11.4. The van der Waals surface area contributed by atoms with Gasteiger partial charge in [-0.3, -0.25) is 0 Å². The second kappa shape index (κ2) is 5.81. The van der Waals surface area contributed by atoms with Crippen molar-refractivity contribution in [3.8, 4) is 0 Å². The van der Waals surface area contributed by atoms with Crippen molar-refractivity contribution in [2.24, 2.45) is 0 Å². The van der Waals surface area contributed by atoms with Gasteiger partial charge in [0, 0.05) is 18.1 Å². The van der Waals surface area contributed by atoms with Crippen molar-refractivity contribution in [2.75, 3.05) is 11.9 Å². The van der Waals surface area contributed by atoms with E-state index in [1.165, 1.54) is 11.3 Å². The molecule has 1 N–H and O–H groups in total. The Labute approximate surface area is 127 Å². The molecule has 0 saturated heterocycles. The maximum atomic E-state index is 11.5. The SMILES string of the molecule is CN(Cc1cscn1)c1nc2c(cc1C(=O)O)CCCC2. The quantitative estimate of drug-likeness (QED) is 0.940. The van der Waals surface area contributed by atoms with Gasteiger partial charge in [-0.1, -0.05) is 0 Å². The number of hydrogen-bond donors (Lipinski definition) is 1. The van der Waals surface area contributed by atoms with Gasteiger partial charge in [0.25, 0.3) is 0 Å². The zero-order valence-electron chi connectivity index (χ0n) is 11.9. The second-order valence-electron chi connectivity index (χ2n) is 5.31. The van der Waals surface area contributed by atoms with Crippen LogP contribution in [-0.2, 0) is 19.4 Å². The lowest BCUT2D eigenvalue weighted by atomic mass is 9.94. The van der Waals surface area contributed by atoms with Crippen LogP contribution in [0, 0.1) is 0 Å². The average Bonchev–Trinajstić information content (AvgIpc) is 2.98. The largest absolute Gasteiger partial charge is 0.478 e. The number of pyridine rings is 1. The highest BCUT2D eigenvalue weighted by Crippen LogP contribution is 2.27. The molecule has 0 spiro atoms. The second-order valence-corrected chi connectivity index (χ2v) is 6.03. The van der Waals surface area contributed by atoms with Gasteiger partial charge in [0.2, 0.25) is 0 Å². The first kappa shape index (κ1) is 14.0. The summed E-state index contributed by atoms with van der Waals surface area (Å²) in [6, 6.07) is 1.80. The molecule has 0 fully saturated rings. The van der Waals surface area contributed by atoms with Crippen LogP contribution in [0.15, 0.2) is 17.0 Å². The lowest BCUT2D eigenvalue weighted by molar-refractivity contribution is 0.0697. The van der Waals surface area contributed by atoms with E-state index < -0.39 is 5.97 Å². The van der Waals surface area contributed by atoms with Crippen LogP contribution in [0.25, 0.3) is 0 Å². The Balaban J connectivity index is 1.97. The van der Waals surface area contributed by atoms with Crippen molar-refractivity contribution >= 4 is 23.1 Å². The number of carbonyl (C=O) groups is 1. The highest BCUT2D eigenvalue weighted by Gasteiger charge is 2.21. The monoisotopic (exact) mass is 303 g/mol. The van der Waals surface area contributed by atoms with Crippen LogP contribution in [0.4, 0.5) is 5.82 Å². The molecule has 0 aromatic carbocycles. The molecule has 0 bridgehead atoms. The summed E-state index contributed by atoms with van der Waals surface area (Å²) >= 11 is 1.54. The summed E-state index contributed by atoms with van der Waals surface area (Å²) in [5.41, 5.74) is 5.13. The number of aromatic nitrogens is 2. The van der Waals surface area contributed by atoms with E-state index in [9.17, 15) is 9.90 Å². The van der Waals surface area contributed by atoms with Crippen LogP contribution in [0.5, 0.6) is 0 Å². The van der Waals surface area contributed by atoms with Crippen molar-refractivity contribution in [2.45, 2.75) is 32.2 Å². The number of carboxylic acids is 1. The van der Waals surface area contributed by atoms with Gasteiger partial charge in [0.15, 0.2) is 0 Å². The van der Waals surface area contributed by atoms with Crippen molar-refractivity contribution < 1.29 is 9.90 Å². The summed E-state index contributed by atoms with van der Waals surface area (Å²) in [5.74, 6) is -0.382. The first-order valence-corrected chi connectivity index (χ1v) is 7.93. The van der Waals surface area contributed by atoms with Crippen LogP contribution in [0.2, 0.25) is 0 Å². The Kier molecular flexibility index (Phi) is 3.88. The van der Waals surface area contributed by atoms with Gasteiger partial charge in [-0.2, -0.15) is 0 Å². The van der Waals surface area contributed by atoms with Gasteiger partial charge in [-0.15, -0.1) is 11.3 Å². The third kappa shape index (κ3) is 2.90. The van der Waals surface area contributed by atoms with Gasteiger partial charge < -0.3 is 10.0 Å². The fraction of sp³-hybridized carbons (Fsp3) is 0.400. The van der Waals surface area contributed by atoms with Crippen LogP contribution in [0.1, 0.15) is 40.2 Å². The Morgan fingerprint density at radius 1 is 1.43 bits per heavy atom. The Hall–Kier alpha value is -1.95. The number of fused-ring (bicyclic) bond motifs is 1. The van der Waals surface area contributed by atoms with E-state index in [-0.39, 0.29) is 5.56 Å². The molecule has 0 atom stereocenters. The molecule has 0 saturated carbocycles. The van der Waals surface area contributed by atoms with E-state index in [1.54, 1.807) is 11.6 Å². The lowest BCUT2D eigenvalue weighted by Crippen LogP contribution is -2.23. The topological polar surface area (TPSA) is 66.3 Å². The number of aryl methyl sites for hydroxylation is 2. The molecule has 3 rings (SSSR count). The van der Waals surface area contributed by atoms with Crippen LogP contribution in [0.3, 0.4) is 0 Å². The molecule has 1 aliphatic rings. The Bertz CT molecular complexity index is 655. The standard InChI is InChI=1S/C15H17N3O2S/c1-18(7-11-8-21-9-16-11)14-12(15(19)20)6-10-4-2-3-5-13(10)17-14/h6,8-9H,2-5,7H2,1H3,(H,19,20). The minimum absolute atomic E-state index is 0.286. The summed E-state index contributed by atoms with van der Waals surface area (Å²) in [4.78, 5) is 22.3. The summed E-state index contributed by atoms with van der Waals surface area (Å²) in [6.45, 7) is 0.565. The van der Waals surface area contributed by atoms with Crippen LogP contribution < -0.4 is 4.90 Å². The highest BCUT2D eigenvalue weighted by molar-refractivity contribution is 7.07. The van der Waals surface area contributed by atoms with Gasteiger partial charge in [0.05, 0.1) is 17.7 Å². The minimum atomic E-state index is -0.920. The lowest BCUT2D eigenvalue weighted by Gasteiger charge is -2.23.